The molecule has 0 unspecified atom stereocenters. The van der Waals surface area contributed by atoms with Gasteiger partial charge in [-0.05, 0) is 37.8 Å². The first-order valence-corrected chi connectivity index (χ1v) is 12.5. The van der Waals surface area contributed by atoms with Crippen LogP contribution in [0.4, 0.5) is 19.0 Å². The molecule has 0 radical (unpaired) electrons. The van der Waals surface area contributed by atoms with Crippen molar-refractivity contribution in [1.82, 2.24) is 14.2 Å². The SMILES string of the molecule is CN(C)C(=O)[C@]12CCCN(S(=O)(=O)C3CC3)C[C@H]1CN(c1ccccn1)C2.O=C(O)C(F)(F)F. The number of pyridine rings is 1. The van der Waals surface area contributed by atoms with E-state index in [1.807, 2.05) is 18.2 Å². The first-order chi connectivity index (χ1) is 15.8. The number of carbonyl (C=O) groups is 2. The molecule has 1 saturated carbocycles. The lowest BCUT2D eigenvalue weighted by atomic mass is 9.74. The zero-order valence-corrected chi connectivity index (χ0v) is 19.8. The molecule has 2 aliphatic heterocycles. The number of amides is 1. The van der Waals surface area contributed by atoms with Gasteiger partial charge in [-0.2, -0.15) is 13.2 Å². The number of sulfonamides is 1. The van der Waals surface area contributed by atoms with Crippen LogP contribution in [0.5, 0.6) is 0 Å². The Morgan fingerprint density at radius 1 is 1.21 bits per heavy atom. The fourth-order valence-corrected chi connectivity index (χ4v) is 6.64. The molecule has 3 aliphatic rings. The van der Waals surface area contributed by atoms with Gasteiger partial charge in [0.25, 0.3) is 0 Å². The van der Waals surface area contributed by atoms with Gasteiger partial charge in [0.05, 0.1) is 10.7 Å². The van der Waals surface area contributed by atoms with Crippen LogP contribution in [-0.2, 0) is 19.6 Å². The standard InChI is InChI=1S/C19H28N4O3S.C2HF3O2/c1-21(2)18(24)19-9-5-11-23(27(25,26)16-7-8-16)13-15(19)12-22(14-19)17-6-3-4-10-20-17;3-2(4,5)1(6)7/h3-4,6,10,15-16H,5,7-9,11-14H2,1-2H3;(H,6,7)/t15-,19+;/m1./s1. The fourth-order valence-electron chi connectivity index (χ4n) is 4.72. The number of fused-ring (bicyclic) bond motifs is 1. The van der Waals surface area contributed by atoms with Gasteiger partial charge in [0.1, 0.15) is 5.82 Å². The van der Waals surface area contributed by atoms with E-state index >= 15 is 0 Å². The number of rotatable bonds is 4. The monoisotopic (exact) mass is 506 g/mol. The Balaban J connectivity index is 0.000000406. The number of hydrogen-bond donors (Lipinski definition) is 1. The maximum absolute atomic E-state index is 13.2. The second-order valence-corrected chi connectivity index (χ2v) is 11.3. The van der Waals surface area contributed by atoms with Crippen molar-refractivity contribution < 1.29 is 36.3 Å². The average Bonchev–Trinajstić information content (AvgIpc) is 3.59. The van der Waals surface area contributed by atoms with Gasteiger partial charge in [-0.15, -0.1) is 0 Å². The fraction of sp³-hybridized carbons (Fsp3) is 0.667. The highest BCUT2D eigenvalue weighted by molar-refractivity contribution is 7.90. The Hall–Kier alpha value is -2.41. The van der Waals surface area contributed by atoms with E-state index in [1.165, 1.54) is 0 Å². The summed E-state index contributed by atoms with van der Waals surface area (Å²) in [5, 5.41) is 6.92. The summed E-state index contributed by atoms with van der Waals surface area (Å²) >= 11 is 0. The predicted octanol–water partition coefficient (Wildman–Crippen LogP) is 1.81. The molecular formula is C21H29F3N4O5S. The van der Waals surface area contributed by atoms with Crippen LogP contribution < -0.4 is 4.90 Å². The maximum Gasteiger partial charge on any atom is 0.490 e. The Morgan fingerprint density at radius 3 is 2.35 bits per heavy atom. The Morgan fingerprint density at radius 2 is 1.85 bits per heavy atom. The third kappa shape index (κ3) is 5.45. The van der Waals surface area contributed by atoms with E-state index in [1.54, 1.807) is 29.5 Å². The zero-order chi connectivity index (χ0) is 25.3. The van der Waals surface area contributed by atoms with E-state index in [9.17, 15) is 26.4 Å². The van der Waals surface area contributed by atoms with Crippen LogP contribution in [0.15, 0.2) is 24.4 Å². The molecule has 13 heteroatoms. The lowest BCUT2D eigenvalue weighted by Crippen LogP contribution is -2.47. The number of aliphatic carboxylic acids is 1. The summed E-state index contributed by atoms with van der Waals surface area (Å²) < 4.78 is 59.1. The highest BCUT2D eigenvalue weighted by Crippen LogP contribution is 2.46. The summed E-state index contributed by atoms with van der Waals surface area (Å²) in [6.07, 6.45) is -0.350. The smallest absolute Gasteiger partial charge is 0.475 e. The molecule has 2 saturated heterocycles. The molecule has 9 nitrogen and oxygen atoms in total. The highest BCUT2D eigenvalue weighted by Gasteiger charge is 2.55. The van der Waals surface area contributed by atoms with Crippen molar-refractivity contribution in [2.24, 2.45) is 11.3 Å². The lowest BCUT2D eigenvalue weighted by molar-refractivity contribution is -0.192. The zero-order valence-electron chi connectivity index (χ0n) is 19.0. The summed E-state index contributed by atoms with van der Waals surface area (Å²) in [5.41, 5.74) is -0.547. The molecule has 0 aromatic carbocycles. The normalized spacial score (nSPS) is 25.6. The molecule has 190 valence electrons. The van der Waals surface area contributed by atoms with Gasteiger partial charge >= 0.3 is 12.1 Å². The van der Waals surface area contributed by atoms with Crippen LogP contribution in [-0.4, -0.2) is 91.3 Å². The van der Waals surface area contributed by atoms with Crippen LogP contribution in [0.1, 0.15) is 25.7 Å². The van der Waals surface area contributed by atoms with Crippen molar-refractivity contribution in [2.45, 2.75) is 37.1 Å². The van der Waals surface area contributed by atoms with E-state index in [0.717, 1.165) is 25.1 Å². The Bertz CT molecular complexity index is 1000. The highest BCUT2D eigenvalue weighted by atomic mass is 32.2. The van der Waals surface area contributed by atoms with Crippen molar-refractivity contribution in [1.29, 1.82) is 0 Å². The lowest BCUT2D eigenvalue weighted by Gasteiger charge is -2.34. The molecule has 1 aromatic heterocycles. The van der Waals surface area contributed by atoms with Gasteiger partial charge in [-0.25, -0.2) is 22.5 Å². The first kappa shape index (κ1) is 26.2. The number of anilines is 1. The summed E-state index contributed by atoms with van der Waals surface area (Å²) in [4.78, 5) is 30.4. The van der Waals surface area contributed by atoms with E-state index in [2.05, 4.69) is 9.88 Å². The molecule has 0 bridgehead atoms. The number of carboxylic acids is 1. The minimum absolute atomic E-state index is 0.0227. The summed E-state index contributed by atoms with van der Waals surface area (Å²) in [6, 6.07) is 5.78. The van der Waals surface area contributed by atoms with Gasteiger partial charge in [-0.1, -0.05) is 6.07 Å². The molecular weight excluding hydrogens is 477 g/mol. The number of aromatic nitrogens is 1. The maximum atomic E-state index is 13.2. The molecule has 1 aliphatic carbocycles. The second kappa shape index (κ2) is 9.68. The Kier molecular flexibility index (Phi) is 7.46. The van der Waals surface area contributed by atoms with Crippen LogP contribution in [0.3, 0.4) is 0 Å². The van der Waals surface area contributed by atoms with Crippen molar-refractivity contribution >= 4 is 27.7 Å². The van der Waals surface area contributed by atoms with E-state index in [-0.39, 0.29) is 17.1 Å². The van der Waals surface area contributed by atoms with Gasteiger partial charge < -0.3 is 14.9 Å². The van der Waals surface area contributed by atoms with Crippen molar-refractivity contribution in [2.75, 3.05) is 45.2 Å². The minimum Gasteiger partial charge on any atom is -0.475 e. The largest absolute Gasteiger partial charge is 0.490 e. The topological polar surface area (TPSA) is 111 Å². The van der Waals surface area contributed by atoms with Crippen LogP contribution in [0.25, 0.3) is 0 Å². The third-order valence-electron chi connectivity index (χ3n) is 6.50. The summed E-state index contributed by atoms with van der Waals surface area (Å²) in [7, 11) is 0.354. The van der Waals surface area contributed by atoms with Crippen molar-refractivity contribution in [3.05, 3.63) is 24.4 Å². The number of nitrogens with zero attached hydrogens (tertiary/aromatic N) is 4. The number of alkyl halides is 3. The third-order valence-corrected chi connectivity index (χ3v) is 8.87. The van der Waals surface area contributed by atoms with E-state index < -0.39 is 27.6 Å². The molecule has 0 spiro atoms. The van der Waals surface area contributed by atoms with E-state index in [4.69, 9.17) is 9.90 Å². The van der Waals surface area contributed by atoms with Crippen molar-refractivity contribution in [3.8, 4) is 0 Å². The summed E-state index contributed by atoms with van der Waals surface area (Å²) in [5.74, 6) is -1.82. The molecule has 1 amide bonds. The van der Waals surface area contributed by atoms with Crippen LogP contribution in [0.2, 0.25) is 0 Å². The number of carbonyl (C=O) groups excluding carboxylic acids is 1. The number of halogens is 3. The average molecular weight is 507 g/mol. The molecule has 3 fully saturated rings. The molecule has 1 aromatic rings. The van der Waals surface area contributed by atoms with E-state index in [0.29, 0.717) is 32.6 Å². The minimum atomic E-state index is -5.08. The molecule has 4 rings (SSSR count). The van der Waals surface area contributed by atoms with Crippen molar-refractivity contribution in [3.63, 3.8) is 0 Å². The number of hydrogen-bond acceptors (Lipinski definition) is 6. The Labute approximate surface area is 196 Å². The van der Waals surface area contributed by atoms with Gasteiger partial charge in [-0.3, -0.25) is 4.79 Å². The van der Waals surface area contributed by atoms with Gasteiger partial charge in [0.2, 0.25) is 15.9 Å². The van der Waals surface area contributed by atoms with Gasteiger partial charge in [0, 0.05) is 52.4 Å². The molecule has 34 heavy (non-hydrogen) atoms. The second-order valence-electron chi connectivity index (χ2n) is 9.13. The number of carboxylic acid groups (broad SMARTS) is 1. The molecule has 2 atom stereocenters. The molecule has 3 heterocycles. The molecule has 1 N–H and O–H groups in total. The first-order valence-electron chi connectivity index (χ1n) is 11.0. The van der Waals surface area contributed by atoms with Crippen LogP contribution >= 0.6 is 0 Å². The predicted molar refractivity (Wildman–Crippen MR) is 118 cm³/mol. The van der Waals surface area contributed by atoms with Crippen LogP contribution in [0, 0.1) is 11.3 Å². The quantitative estimate of drug-likeness (QED) is 0.663. The summed E-state index contributed by atoms with van der Waals surface area (Å²) in [6.45, 7) is 2.22. The van der Waals surface area contributed by atoms with Gasteiger partial charge in [0.15, 0.2) is 0 Å².